The highest BCUT2D eigenvalue weighted by molar-refractivity contribution is 7.98. The van der Waals surface area contributed by atoms with Crippen LogP contribution in [0.4, 0.5) is 0 Å². The topological polar surface area (TPSA) is 29.3 Å². The highest BCUT2D eigenvalue weighted by Gasteiger charge is 2.45. The summed E-state index contributed by atoms with van der Waals surface area (Å²) >= 11 is 1.92. The summed E-state index contributed by atoms with van der Waals surface area (Å²) in [6.45, 7) is 9.14. The van der Waals surface area contributed by atoms with E-state index in [1.165, 1.54) is 25.0 Å². The molecule has 1 rings (SSSR count). The molecule has 0 saturated heterocycles. The summed E-state index contributed by atoms with van der Waals surface area (Å²) in [5.74, 6) is 1.90. The summed E-state index contributed by atoms with van der Waals surface area (Å²) < 4.78 is 0. The van der Waals surface area contributed by atoms with Crippen LogP contribution >= 0.6 is 11.8 Å². The normalized spacial score (nSPS) is 33.0. The molecule has 0 aromatic heterocycles. The molecule has 1 aliphatic rings. The molecule has 17 heavy (non-hydrogen) atoms. The van der Waals surface area contributed by atoms with Crippen molar-refractivity contribution in [3.63, 3.8) is 0 Å². The molecule has 3 heteroatoms. The van der Waals surface area contributed by atoms with Crippen molar-refractivity contribution in [2.45, 2.75) is 45.6 Å². The fourth-order valence-corrected chi connectivity index (χ4v) is 3.86. The first kappa shape index (κ1) is 15.3. The van der Waals surface area contributed by atoms with E-state index in [9.17, 15) is 0 Å². The molecule has 102 valence electrons. The van der Waals surface area contributed by atoms with E-state index >= 15 is 0 Å². The van der Waals surface area contributed by atoms with Crippen LogP contribution < -0.4 is 5.73 Å². The minimum atomic E-state index is 0.241. The zero-order chi connectivity index (χ0) is 13.1. The lowest BCUT2D eigenvalue weighted by atomic mass is 9.63. The molecule has 0 radical (unpaired) electrons. The van der Waals surface area contributed by atoms with E-state index < -0.39 is 0 Å². The molecule has 0 heterocycles. The number of thioether (sulfide) groups is 1. The largest absolute Gasteiger partial charge is 0.329 e. The number of rotatable bonds is 5. The van der Waals surface area contributed by atoms with Gasteiger partial charge in [0.15, 0.2) is 0 Å². The van der Waals surface area contributed by atoms with Crippen molar-refractivity contribution >= 4 is 11.8 Å². The Kier molecular flexibility index (Phi) is 5.36. The lowest BCUT2D eigenvalue weighted by Gasteiger charge is -2.52. The lowest BCUT2D eigenvalue weighted by Crippen LogP contribution is -2.60. The van der Waals surface area contributed by atoms with Crippen LogP contribution in [0.5, 0.6) is 0 Å². The zero-order valence-corrected chi connectivity index (χ0v) is 13.1. The van der Waals surface area contributed by atoms with E-state index in [0.717, 1.165) is 13.1 Å². The van der Waals surface area contributed by atoms with Gasteiger partial charge in [-0.15, -0.1) is 0 Å². The first-order valence-electron chi connectivity index (χ1n) is 6.78. The number of hydrogen-bond donors (Lipinski definition) is 1. The van der Waals surface area contributed by atoms with Crippen molar-refractivity contribution in [1.29, 1.82) is 0 Å². The van der Waals surface area contributed by atoms with Crippen molar-refractivity contribution in [2.75, 3.05) is 32.1 Å². The van der Waals surface area contributed by atoms with Crippen LogP contribution in [-0.2, 0) is 0 Å². The summed E-state index contributed by atoms with van der Waals surface area (Å²) in [5.41, 5.74) is 6.88. The molecule has 1 aliphatic carbocycles. The SMILES string of the molecule is CSCCN(C)C1(CN)CCC(C)(C)CC1C. The number of nitrogens with zero attached hydrogens (tertiary/aromatic N) is 1. The molecule has 1 saturated carbocycles. The summed E-state index contributed by atoms with van der Waals surface area (Å²) in [6.07, 6.45) is 6.03. The van der Waals surface area contributed by atoms with Crippen molar-refractivity contribution in [2.24, 2.45) is 17.1 Å². The number of likely N-dealkylation sites (N-methyl/N-ethyl adjacent to an activating group) is 1. The van der Waals surface area contributed by atoms with E-state index in [4.69, 9.17) is 5.73 Å². The molecule has 0 aliphatic heterocycles. The van der Waals surface area contributed by atoms with Gasteiger partial charge in [-0.2, -0.15) is 11.8 Å². The quantitative estimate of drug-likeness (QED) is 0.822. The Balaban J connectivity index is 2.74. The van der Waals surface area contributed by atoms with Crippen LogP contribution in [0.15, 0.2) is 0 Å². The maximum Gasteiger partial charge on any atom is 0.0354 e. The summed E-state index contributed by atoms with van der Waals surface area (Å²) in [7, 11) is 2.26. The molecule has 0 aromatic rings. The molecule has 0 amide bonds. The smallest absolute Gasteiger partial charge is 0.0354 e. The first-order chi connectivity index (χ1) is 7.88. The van der Waals surface area contributed by atoms with Gasteiger partial charge in [0.25, 0.3) is 0 Å². The highest BCUT2D eigenvalue weighted by atomic mass is 32.2. The maximum absolute atomic E-state index is 6.14. The Morgan fingerprint density at radius 2 is 2.00 bits per heavy atom. The molecule has 2 N–H and O–H groups in total. The van der Waals surface area contributed by atoms with Gasteiger partial charge in [-0.05, 0) is 43.9 Å². The van der Waals surface area contributed by atoms with Crippen molar-refractivity contribution in [3.8, 4) is 0 Å². The Bertz CT molecular complexity index is 242. The van der Waals surface area contributed by atoms with Gasteiger partial charge in [-0.1, -0.05) is 20.8 Å². The fourth-order valence-electron chi connectivity index (χ4n) is 3.40. The third-order valence-corrected chi connectivity index (χ3v) is 5.35. The molecule has 2 atom stereocenters. The van der Waals surface area contributed by atoms with Crippen molar-refractivity contribution in [1.82, 2.24) is 4.90 Å². The summed E-state index contributed by atoms with van der Waals surface area (Å²) in [5, 5.41) is 0. The van der Waals surface area contributed by atoms with Gasteiger partial charge in [0.1, 0.15) is 0 Å². The Morgan fingerprint density at radius 3 is 2.47 bits per heavy atom. The standard InChI is InChI=1S/C14H30N2S/c1-12-10-13(2,3)6-7-14(12,11-15)16(4)8-9-17-5/h12H,6-11,15H2,1-5H3. The molecular formula is C14H30N2S. The van der Waals surface area contributed by atoms with Gasteiger partial charge in [-0.25, -0.2) is 0 Å². The highest BCUT2D eigenvalue weighted by Crippen LogP contribution is 2.45. The molecule has 2 nitrogen and oxygen atoms in total. The predicted molar refractivity (Wildman–Crippen MR) is 79.6 cm³/mol. The molecule has 1 fully saturated rings. The van der Waals surface area contributed by atoms with Crippen molar-refractivity contribution in [3.05, 3.63) is 0 Å². The predicted octanol–water partition coefficient (Wildman–Crippen LogP) is 2.82. The van der Waals surface area contributed by atoms with Crippen LogP contribution in [0.1, 0.15) is 40.0 Å². The van der Waals surface area contributed by atoms with Gasteiger partial charge in [-0.3, -0.25) is 4.90 Å². The van der Waals surface area contributed by atoms with Crippen LogP contribution in [0, 0.1) is 11.3 Å². The van der Waals surface area contributed by atoms with Gasteiger partial charge in [0.05, 0.1) is 0 Å². The van der Waals surface area contributed by atoms with E-state index in [-0.39, 0.29) is 5.54 Å². The van der Waals surface area contributed by atoms with Crippen molar-refractivity contribution < 1.29 is 0 Å². The monoisotopic (exact) mass is 258 g/mol. The molecule has 2 unspecified atom stereocenters. The average Bonchev–Trinajstić information content (AvgIpc) is 2.26. The molecule has 0 aromatic carbocycles. The third kappa shape index (κ3) is 3.39. The lowest BCUT2D eigenvalue weighted by molar-refractivity contribution is -0.00364. The van der Waals surface area contributed by atoms with Crippen LogP contribution in [0.25, 0.3) is 0 Å². The van der Waals surface area contributed by atoms with E-state index in [0.29, 0.717) is 11.3 Å². The average molecular weight is 258 g/mol. The minimum absolute atomic E-state index is 0.241. The Morgan fingerprint density at radius 1 is 1.35 bits per heavy atom. The second kappa shape index (κ2) is 5.94. The van der Waals surface area contributed by atoms with Gasteiger partial charge in [0.2, 0.25) is 0 Å². The van der Waals surface area contributed by atoms with Crippen LogP contribution in [0.2, 0.25) is 0 Å². The summed E-state index contributed by atoms with van der Waals surface area (Å²) in [4.78, 5) is 2.53. The van der Waals surface area contributed by atoms with E-state index in [2.05, 4.69) is 39.0 Å². The van der Waals surface area contributed by atoms with E-state index in [1.807, 2.05) is 11.8 Å². The number of hydrogen-bond acceptors (Lipinski definition) is 3. The Labute approximate surface area is 112 Å². The van der Waals surface area contributed by atoms with Crippen LogP contribution in [-0.4, -0.2) is 42.6 Å². The summed E-state index contributed by atoms with van der Waals surface area (Å²) in [6, 6.07) is 0. The Hall–Kier alpha value is 0.270. The second-order valence-corrected chi connectivity index (χ2v) is 7.48. The molecular weight excluding hydrogens is 228 g/mol. The third-order valence-electron chi connectivity index (χ3n) is 4.76. The first-order valence-corrected chi connectivity index (χ1v) is 8.17. The maximum atomic E-state index is 6.14. The number of nitrogens with two attached hydrogens (primary N) is 1. The minimum Gasteiger partial charge on any atom is -0.329 e. The fraction of sp³-hybridized carbons (Fsp3) is 1.00. The zero-order valence-electron chi connectivity index (χ0n) is 12.3. The van der Waals surface area contributed by atoms with Gasteiger partial charge in [0, 0.05) is 24.4 Å². The van der Waals surface area contributed by atoms with Gasteiger partial charge >= 0.3 is 0 Å². The molecule has 0 bridgehead atoms. The van der Waals surface area contributed by atoms with Crippen LogP contribution in [0.3, 0.4) is 0 Å². The molecule has 0 spiro atoms. The van der Waals surface area contributed by atoms with E-state index in [1.54, 1.807) is 0 Å². The second-order valence-electron chi connectivity index (χ2n) is 6.49. The van der Waals surface area contributed by atoms with Gasteiger partial charge < -0.3 is 5.73 Å².